The van der Waals surface area contributed by atoms with Crippen molar-refractivity contribution < 1.29 is 9.59 Å². The van der Waals surface area contributed by atoms with Crippen LogP contribution in [0.1, 0.15) is 12.5 Å². The van der Waals surface area contributed by atoms with E-state index in [-0.39, 0.29) is 6.42 Å². The summed E-state index contributed by atoms with van der Waals surface area (Å²) in [5.41, 5.74) is 0.447. The topological polar surface area (TPSA) is 57.9 Å². The number of hydrogen-bond acceptors (Lipinski definition) is 3. The summed E-state index contributed by atoms with van der Waals surface area (Å²) in [6, 6.07) is 6.54. The van der Waals surface area contributed by atoms with E-state index in [1.807, 2.05) is 0 Å². The van der Waals surface area contributed by atoms with Crippen molar-refractivity contribution in [3.63, 3.8) is 0 Å². The minimum absolute atomic E-state index is 0.115. The number of carbonyl (C=O) groups is 2. The van der Waals surface area contributed by atoms with Gasteiger partial charge in [-0.1, -0.05) is 29.3 Å². The Bertz CT molecular complexity index is 485. The molecular weight excluding hydrogens is 261 g/mol. The second-order valence-electron chi connectivity index (χ2n) is 3.52. The number of ketones is 2. The molecule has 17 heavy (non-hydrogen) atoms. The number of nitrogens with zero attached hydrogens (tertiary/aromatic N) is 1. The van der Waals surface area contributed by atoms with Gasteiger partial charge in [0.25, 0.3) is 0 Å². The highest BCUT2D eigenvalue weighted by Gasteiger charge is 2.24. The highest BCUT2D eigenvalue weighted by Crippen LogP contribution is 2.25. The van der Waals surface area contributed by atoms with E-state index in [2.05, 4.69) is 0 Å². The van der Waals surface area contributed by atoms with Gasteiger partial charge in [0.15, 0.2) is 17.5 Å². The van der Waals surface area contributed by atoms with E-state index in [0.29, 0.717) is 15.6 Å². The molecule has 0 saturated heterocycles. The third-order valence-electron chi connectivity index (χ3n) is 2.27. The summed E-state index contributed by atoms with van der Waals surface area (Å²) < 4.78 is 0. The Morgan fingerprint density at radius 1 is 1.35 bits per heavy atom. The van der Waals surface area contributed by atoms with Gasteiger partial charge in [-0.3, -0.25) is 9.59 Å². The zero-order valence-electron chi connectivity index (χ0n) is 9.04. The van der Waals surface area contributed by atoms with Crippen LogP contribution in [0.15, 0.2) is 18.2 Å². The number of carbonyl (C=O) groups excluding carboxylic acids is 2. The number of halogens is 2. The first kappa shape index (κ1) is 13.7. The lowest BCUT2D eigenvalue weighted by molar-refractivity contribution is -0.128. The van der Waals surface area contributed by atoms with E-state index in [0.717, 1.165) is 0 Å². The quantitative estimate of drug-likeness (QED) is 0.790. The molecule has 1 aromatic carbocycles. The molecule has 0 heterocycles. The lowest BCUT2D eigenvalue weighted by atomic mass is 9.96. The van der Waals surface area contributed by atoms with Crippen molar-refractivity contribution in [2.75, 3.05) is 0 Å². The molecule has 0 fully saturated rings. The molecule has 0 N–H and O–H groups in total. The van der Waals surface area contributed by atoms with Crippen LogP contribution in [0.25, 0.3) is 0 Å². The van der Waals surface area contributed by atoms with Crippen LogP contribution in [0.4, 0.5) is 0 Å². The fourth-order valence-corrected chi connectivity index (χ4v) is 1.90. The van der Waals surface area contributed by atoms with Gasteiger partial charge >= 0.3 is 0 Å². The lowest BCUT2D eigenvalue weighted by Gasteiger charge is -2.07. The monoisotopic (exact) mass is 269 g/mol. The number of hydrogen-bond donors (Lipinski definition) is 0. The Hall–Kier alpha value is -1.37. The predicted molar refractivity (Wildman–Crippen MR) is 65.0 cm³/mol. The van der Waals surface area contributed by atoms with E-state index in [1.54, 1.807) is 24.3 Å². The van der Waals surface area contributed by atoms with Crippen LogP contribution in [-0.2, 0) is 16.0 Å². The van der Waals surface area contributed by atoms with Crippen LogP contribution in [0.2, 0.25) is 10.0 Å². The maximum atomic E-state index is 11.7. The Balaban J connectivity index is 2.96. The molecule has 0 aromatic heterocycles. The van der Waals surface area contributed by atoms with Crippen LogP contribution in [0, 0.1) is 17.2 Å². The Labute approximate surface area is 109 Å². The molecule has 0 amide bonds. The first-order valence-corrected chi connectivity index (χ1v) is 5.58. The van der Waals surface area contributed by atoms with E-state index in [4.69, 9.17) is 28.5 Å². The predicted octanol–water partition coefficient (Wildman–Crippen LogP) is 2.83. The van der Waals surface area contributed by atoms with Crippen molar-refractivity contribution in [2.24, 2.45) is 5.92 Å². The Morgan fingerprint density at radius 2 is 1.88 bits per heavy atom. The number of benzene rings is 1. The number of Topliss-reactive ketones (excluding diaryl/α,β-unsaturated/α-hetero) is 2. The van der Waals surface area contributed by atoms with Gasteiger partial charge in [0.1, 0.15) is 0 Å². The molecule has 88 valence electrons. The fourth-order valence-electron chi connectivity index (χ4n) is 1.37. The summed E-state index contributed by atoms with van der Waals surface area (Å²) in [5, 5.41) is 9.43. The Morgan fingerprint density at radius 3 is 2.29 bits per heavy atom. The van der Waals surface area contributed by atoms with Gasteiger partial charge < -0.3 is 0 Å². The van der Waals surface area contributed by atoms with Gasteiger partial charge in [-0.15, -0.1) is 0 Å². The summed E-state index contributed by atoms with van der Waals surface area (Å²) in [7, 11) is 0. The summed E-state index contributed by atoms with van der Waals surface area (Å²) in [6.07, 6.45) is -0.115. The number of rotatable bonds is 4. The van der Waals surface area contributed by atoms with E-state index in [9.17, 15) is 9.59 Å². The second kappa shape index (κ2) is 5.81. The lowest BCUT2D eigenvalue weighted by Crippen LogP contribution is -2.22. The highest BCUT2D eigenvalue weighted by molar-refractivity contribution is 6.36. The smallest absolute Gasteiger partial charge is 0.163 e. The maximum absolute atomic E-state index is 11.7. The van der Waals surface area contributed by atoms with Crippen molar-refractivity contribution in [3.05, 3.63) is 33.8 Å². The van der Waals surface area contributed by atoms with Gasteiger partial charge in [-0.2, -0.15) is 5.26 Å². The SMILES string of the molecule is CC(=O)C(C#N)C(=O)Cc1c(Cl)cccc1Cl. The van der Waals surface area contributed by atoms with Crippen molar-refractivity contribution >= 4 is 34.8 Å². The molecule has 0 aliphatic carbocycles. The van der Waals surface area contributed by atoms with E-state index < -0.39 is 17.5 Å². The van der Waals surface area contributed by atoms with Gasteiger partial charge in [0.2, 0.25) is 0 Å². The summed E-state index contributed by atoms with van der Waals surface area (Å²) in [4.78, 5) is 22.8. The standard InChI is InChI=1S/C12H9Cl2NO2/c1-7(16)9(6-15)12(17)5-8-10(13)3-2-4-11(8)14/h2-4,9H,5H2,1H3. The largest absolute Gasteiger partial charge is 0.298 e. The first-order valence-electron chi connectivity index (χ1n) is 4.83. The summed E-state index contributed by atoms with van der Waals surface area (Å²) in [5.74, 6) is -2.21. The average Bonchev–Trinajstić information content (AvgIpc) is 2.24. The molecule has 5 heteroatoms. The van der Waals surface area contributed by atoms with Crippen LogP contribution in [0.3, 0.4) is 0 Å². The first-order chi connectivity index (χ1) is 7.97. The third-order valence-corrected chi connectivity index (χ3v) is 2.98. The van der Waals surface area contributed by atoms with Crippen molar-refractivity contribution in [3.8, 4) is 6.07 Å². The van der Waals surface area contributed by atoms with Gasteiger partial charge in [0, 0.05) is 16.5 Å². The molecule has 0 spiro atoms. The molecule has 0 aliphatic heterocycles. The van der Waals surface area contributed by atoms with Crippen LogP contribution in [-0.4, -0.2) is 11.6 Å². The van der Waals surface area contributed by atoms with Crippen molar-refractivity contribution in [1.82, 2.24) is 0 Å². The number of nitriles is 1. The molecule has 0 radical (unpaired) electrons. The minimum Gasteiger partial charge on any atom is -0.298 e. The third kappa shape index (κ3) is 3.29. The molecular formula is C12H9Cl2NO2. The molecule has 1 atom stereocenters. The zero-order chi connectivity index (χ0) is 13.0. The summed E-state index contributed by atoms with van der Waals surface area (Å²) in [6.45, 7) is 1.21. The van der Waals surface area contributed by atoms with E-state index in [1.165, 1.54) is 6.92 Å². The second-order valence-corrected chi connectivity index (χ2v) is 4.33. The van der Waals surface area contributed by atoms with Gasteiger partial charge in [-0.05, 0) is 24.6 Å². The molecule has 0 saturated carbocycles. The zero-order valence-corrected chi connectivity index (χ0v) is 10.5. The van der Waals surface area contributed by atoms with Crippen LogP contribution >= 0.6 is 23.2 Å². The normalized spacial score (nSPS) is 11.6. The van der Waals surface area contributed by atoms with Crippen LogP contribution in [0.5, 0.6) is 0 Å². The minimum atomic E-state index is -1.25. The molecule has 0 aliphatic rings. The molecule has 1 aromatic rings. The molecule has 1 rings (SSSR count). The Kier molecular flexibility index (Phi) is 4.68. The summed E-state index contributed by atoms with van der Waals surface area (Å²) >= 11 is 11.8. The fraction of sp³-hybridized carbons (Fsp3) is 0.250. The van der Waals surface area contributed by atoms with Gasteiger partial charge in [-0.25, -0.2) is 0 Å². The highest BCUT2D eigenvalue weighted by atomic mass is 35.5. The molecule has 0 bridgehead atoms. The van der Waals surface area contributed by atoms with Crippen molar-refractivity contribution in [2.45, 2.75) is 13.3 Å². The molecule has 3 nitrogen and oxygen atoms in total. The van der Waals surface area contributed by atoms with Gasteiger partial charge in [0.05, 0.1) is 6.07 Å². The maximum Gasteiger partial charge on any atom is 0.163 e. The van der Waals surface area contributed by atoms with Crippen LogP contribution < -0.4 is 0 Å². The van der Waals surface area contributed by atoms with E-state index >= 15 is 0 Å². The molecule has 1 unspecified atom stereocenters. The van der Waals surface area contributed by atoms with Crippen molar-refractivity contribution in [1.29, 1.82) is 5.26 Å². The average molecular weight is 270 g/mol.